The van der Waals surface area contributed by atoms with E-state index >= 15 is 0 Å². The summed E-state index contributed by atoms with van der Waals surface area (Å²) in [6.07, 6.45) is 3.46. The molecule has 2 heterocycles. The first-order valence-electron chi connectivity index (χ1n) is 11.9. The average Bonchev–Trinajstić information content (AvgIpc) is 2.89. The maximum absolute atomic E-state index is 13.2. The number of aryl methyl sites for hydroxylation is 1. The van der Waals surface area contributed by atoms with E-state index in [0.29, 0.717) is 6.61 Å². The van der Waals surface area contributed by atoms with Crippen LogP contribution in [-0.2, 0) is 4.79 Å². The van der Waals surface area contributed by atoms with Crippen molar-refractivity contribution in [3.05, 3.63) is 89.7 Å². The van der Waals surface area contributed by atoms with Gasteiger partial charge in [-0.2, -0.15) is 0 Å². The summed E-state index contributed by atoms with van der Waals surface area (Å²) >= 11 is 0. The summed E-state index contributed by atoms with van der Waals surface area (Å²) < 4.78 is 11.3. The van der Waals surface area contributed by atoms with Crippen molar-refractivity contribution in [1.82, 2.24) is 15.2 Å². The van der Waals surface area contributed by atoms with Crippen LogP contribution in [0.3, 0.4) is 0 Å². The van der Waals surface area contributed by atoms with Crippen molar-refractivity contribution in [2.45, 2.75) is 25.8 Å². The van der Waals surface area contributed by atoms with Crippen molar-refractivity contribution in [2.24, 2.45) is 5.92 Å². The van der Waals surface area contributed by atoms with Crippen molar-refractivity contribution in [2.75, 3.05) is 33.4 Å². The summed E-state index contributed by atoms with van der Waals surface area (Å²) in [5.74, 6) is 1.61. The van der Waals surface area contributed by atoms with Gasteiger partial charge in [0.15, 0.2) is 11.5 Å². The summed E-state index contributed by atoms with van der Waals surface area (Å²) in [5.41, 5.74) is 3.01. The lowest BCUT2D eigenvalue weighted by molar-refractivity contribution is -0.127. The van der Waals surface area contributed by atoms with Crippen molar-refractivity contribution >= 4 is 5.91 Å². The number of methoxy groups -OCH3 is 1. The molecule has 3 aromatic rings. The van der Waals surface area contributed by atoms with Crippen LogP contribution in [0.25, 0.3) is 0 Å². The van der Waals surface area contributed by atoms with Crippen LogP contribution in [-0.4, -0.2) is 49.1 Å². The molecule has 6 heteroatoms. The highest BCUT2D eigenvalue weighted by atomic mass is 16.5. The van der Waals surface area contributed by atoms with Crippen molar-refractivity contribution in [3.63, 3.8) is 0 Å². The van der Waals surface area contributed by atoms with E-state index in [9.17, 15) is 4.79 Å². The first-order valence-corrected chi connectivity index (χ1v) is 11.9. The number of hydrogen-bond donors (Lipinski definition) is 1. The Labute approximate surface area is 201 Å². The fourth-order valence-corrected chi connectivity index (χ4v) is 4.46. The summed E-state index contributed by atoms with van der Waals surface area (Å²) in [6.45, 7) is 5.21. The molecule has 1 atom stereocenters. The number of nitrogens with zero attached hydrogens (tertiary/aromatic N) is 2. The van der Waals surface area contributed by atoms with Crippen molar-refractivity contribution in [1.29, 1.82) is 0 Å². The molecule has 34 heavy (non-hydrogen) atoms. The molecule has 1 aliphatic heterocycles. The molecule has 1 N–H and O–H groups in total. The first-order chi connectivity index (χ1) is 16.7. The van der Waals surface area contributed by atoms with Crippen LogP contribution >= 0.6 is 0 Å². The van der Waals surface area contributed by atoms with Gasteiger partial charge in [-0.1, -0.05) is 48.5 Å². The number of likely N-dealkylation sites (tertiary alicyclic amines) is 1. The van der Waals surface area contributed by atoms with Crippen LogP contribution in [0.2, 0.25) is 0 Å². The number of piperidine rings is 1. The molecule has 6 nitrogen and oxygen atoms in total. The lowest BCUT2D eigenvalue weighted by atomic mass is 9.94. The topological polar surface area (TPSA) is 63.7 Å². The van der Waals surface area contributed by atoms with E-state index in [1.807, 2.05) is 73.7 Å². The number of hydrogen-bond acceptors (Lipinski definition) is 5. The maximum Gasteiger partial charge on any atom is 0.224 e. The molecular weight excluding hydrogens is 426 g/mol. The molecule has 0 saturated carbocycles. The van der Waals surface area contributed by atoms with E-state index in [2.05, 4.69) is 15.2 Å². The third-order valence-corrected chi connectivity index (χ3v) is 6.44. The minimum atomic E-state index is -0.248. The first kappa shape index (κ1) is 23.8. The molecule has 1 amide bonds. The van der Waals surface area contributed by atoms with E-state index in [1.165, 1.54) is 0 Å². The number of para-hydroxylation sites is 2. The van der Waals surface area contributed by atoms with Gasteiger partial charge in [-0.15, -0.1) is 0 Å². The van der Waals surface area contributed by atoms with Gasteiger partial charge in [0.25, 0.3) is 0 Å². The summed E-state index contributed by atoms with van der Waals surface area (Å²) in [5, 5.41) is 3.29. The summed E-state index contributed by atoms with van der Waals surface area (Å²) in [7, 11) is 1.65. The van der Waals surface area contributed by atoms with E-state index in [4.69, 9.17) is 9.47 Å². The molecule has 178 valence electrons. The minimum absolute atomic E-state index is 0.00150. The fourth-order valence-electron chi connectivity index (χ4n) is 4.46. The van der Waals surface area contributed by atoms with Gasteiger partial charge in [0, 0.05) is 18.7 Å². The number of amides is 1. The molecule has 2 aromatic carbocycles. The Morgan fingerprint density at radius 2 is 1.74 bits per heavy atom. The molecule has 1 unspecified atom stereocenters. The van der Waals surface area contributed by atoms with Gasteiger partial charge < -0.3 is 14.8 Å². The number of carbonyl (C=O) groups excluding carboxylic acids is 1. The van der Waals surface area contributed by atoms with Crippen molar-refractivity contribution < 1.29 is 14.3 Å². The van der Waals surface area contributed by atoms with Gasteiger partial charge in [0.2, 0.25) is 5.91 Å². The zero-order valence-electron chi connectivity index (χ0n) is 19.9. The van der Waals surface area contributed by atoms with Gasteiger partial charge in [-0.05, 0) is 62.2 Å². The molecule has 0 bridgehead atoms. The van der Waals surface area contributed by atoms with E-state index in [0.717, 1.165) is 60.8 Å². The number of rotatable bonds is 9. The zero-order chi connectivity index (χ0) is 23.8. The quantitative estimate of drug-likeness (QED) is 0.514. The number of carbonyl (C=O) groups is 1. The lowest BCUT2D eigenvalue weighted by Gasteiger charge is -2.32. The summed E-state index contributed by atoms with van der Waals surface area (Å²) in [6, 6.07) is 21.5. The van der Waals surface area contributed by atoms with E-state index < -0.39 is 0 Å². The number of aromatic nitrogens is 1. The SMILES string of the molecule is COc1ccccc1OCCN1CCC(C(=O)NC(c2ccccc2)c2ncccc2C)CC1. The summed E-state index contributed by atoms with van der Waals surface area (Å²) in [4.78, 5) is 20.2. The Bertz CT molecular complexity index is 1070. The molecule has 1 aromatic heterocycles. The van der Waals surface area contributed by atoms with E-state index in [1.54, 1.807) is 13.3 Å². The second-order valence-electron chi connectivity index (χ2n) is 8.67. The predicted molar refractivity (Wildman–Crippen MR) is 133 cm³/mol. The average molecular weight is 460 g/mol. The molecule has 0 radical (unpaired) electrons. The second kappa shape index (κ2) is 11.7. The number of pyridine rings is 1. The molecule has 0 spiro atoms. The fraction of sp³-hybridized carbons (Fsp3) is 0.357. The van der Waals surface area contributed by atoms with Crippen LogP contribution in [0.15, 0.2) is 72.9 Å². The zero-order valence-corrected chi connectivity index (χ0v) is 19.9. The van der Waals surface area contributed by atoms with Gasteiger partial charge in [-0.25, -0.2) is 0 Å². The standard InChI is InChI=1S/C28H33N3O3/c1-21-9-8-16-29-26(21)27(22-10-4-3-5-11-22)30-28(32)23-14-17-31(18-15-23)19-20-34-25-13-7-6-12-24(25)33-2/h3-13,16,23,27H,14-15,17-20H2,1-2H3,(H,30,32). The van der Waals surface area contributed by atoms with Crippen molar-refractivity contribution in [3.8, 4) is 11.5 Å². The number of ether oxygens (including phenoxy) is 2. The highest BCUT2D eigenvalue weighted by molar-refractivity contribution is 5.79. The minimum Gasteiger partial charge on any atom is -0.493 e. The molecule has 1 fully saturated rings. The molecule has 1 saturated heterocycles. The van der Waals surface area contributed by atoms with E-state index in [-0.39, 0.29) is 17.9 Å². The molecule has 1 aliphatic rings. The maximum atomic E-state index is 13.2. The Morgan fingerprint density at radius 3 is 2.44 bits per heavy atom. The van der Waals surface area contributed by atoms with Gasteiger partial charge in [-0.3, -0.25) is 14.7 Å². The third kappa shape index (κ3) is 5.94. The number of benzene rings is 2. The normalized spacial score (nSPS) is 15.5. The third-order valence-electron chi connectivity index (χ3n) is 6.44. The Hall–Kier alpha value is -3.38. The highest BCUT2D eigenvalue weighted by Gasteiger charge is 2.28. The predicted octanol–water partition coefficient (Wildman–Crippen LogP) is 4.40. The second-order valence-corrected chi connectivity index (χ2v) is 8.67. The highest BCUT2D eigenvalue weighted by Crippen LogP contribution is 2.27. The molecule has 4 rings (SSSR count). The Morgan fingerprint density at radius 1 is 1.03 bits per heavy atom. The number of nitrogens with one attached hydrogen (secondary N) is 1. The Kier molecular flexibility index (Phi) is 8.15. The lowest BCUT2D eigenvalue weighted by Crippen LogP contribution is -2.43. The van der Waals surface area contributed by atoms with Crippen LogP contribution < -0.4 is 14.8 Å². The van der Waals surface area contributed by atoms with Crippen LogP contribution in [0.5, 0.6) is 11.5 Å². The van der Waals surface area contributed by atoms with Gasteiger partial charge >= 0.3 is 0 Å². The molecule has 0 aliphatic carbocycles. The largest absolute Gasteiger partial charge is 0.493 e. The van der Waals surface area contributed by atoms with Crippen LogP contribution in [0, 0.1) is 12.8 Å². The monoisotopic (exact) mass is 459 g/mol. The molecular formula is C28H33N3O3. The van der Waals surface area contributed by atoms with Crippen LogP contribution in [0.4, 0.5) is 0 Å². The van der Waals surface area contributed by atoms with Crippen LogP contribution in [0.1, 0.15) is 35.7 Å². The van der Waals surface area contributed by atoms with Gasteiger partial charge in [0.05, 0.1) is 18.8 Å². The smallest absolute Gasteiger partial charge is 0.224 e. The Balaban J connectivity index is 1.31. The van der Waals surface area contributed by atoms with Gasteiger partial charge in [0.1, 0.15) is 6.61 Å².